The van der Waals surface area contributed by atoms with Gasteiger partial charge in [-0.05, 0) is 0 Å². The van der Waals surface area contributed by atoms with Gasteiger partial charge in [0.1, 0.15) is 0 Å². The normalized spacial score (nSPS) is 21.9. The van der Waals surface area contributed by atoms with Crippen molar-refractivity contribution < 1.29 is 29.3 Å². The average molecular weight is 246 g/mol. The largest absolute Gasteiger partial charge is 0.481 e. The van der Waals surface area contributed by atoms with Crippen LogP contribution in [0.15, 0.2) is 0 Å². The van der Waals surface area contributed by atoms with Crippen LogP contribution in [0.1, 0.15) is 6.42 Å². The van der Waals surface area contributed by atoms with E-state index in [-0.39, 0.29) is 19.7 Å². The highest BCUT2D eigenvalue weighted by molar-refractivity contribution is 5.86. The summed E-state index contributed by atoms with van der Waals surface area (Å²) in [5.41, 5.74) is 5.41. The molecule has 8 nitrogen and oxygen atoms in total. The second-order valence-corrected chi connectivity index (χ2v) is 3.69. The number of hydrogen-bond acceptors (Lipinski definition) is 5. The Bertz CT molecular complexity index is 331. The minimum atomic E-state index is -1.17. The van der Waals surface area contributed by atoms with Crippen molar-refractivity contribution in [2.45, 2.75) is 18.6 Å². The van der Waals surface area contributed by atoms with E-state index in [1.807, 2.05) is 0 Å². The monoisotopic (exact) mass is 246 g/mol. The van der Waals surface area contributed by atoms with Gasteiger partial charge in [-0.2, -0.15) is 0 Å². The Morgan fingerprint density at radius 3 is 2.59 bits per heavy atom. The second kappa shape index (κ2) is 5.60. The molecule has 0 aromatic rings. The molecule has 2 atom stereocenters. The molecule has 2 unspecified atom stereocenters. The fraction of sp³-hybridized carbons (Fsp3) is 0.667. The number of nitrogens with zero attached hydrogens (tertiary/aromatic N) is 1. The maximum Gasteiger partial charge on any atom is 0.334 e. The number of carbonyl (C=O) groups excluding carboxylic acids is 1. The first-order valence-corrected chi connectivity index (χ1v) is 5.02. The van der Waals surface area contributed by atoms with Gasteiger partial charge in [-0.3, -0.25) is 9.59 Å². The molecule has 1 aliphatic rings. The van der Waals surface area contributed by atoms with Crippen molar-refractivity contribution in [1.82, 2.24) is 4.90 Å². The molecular formula is C9H14N2O6. The zero-order valence-electron chi connectivity index (χ0n) is 9.04. The smallest absolute Gasteiger partial charge is 0.334 e. The van der Waals surface area contributed by atoms with Crippen molar-refractivity contribution in [3.63, 3.8) is 0 Å². The Kier molecular flexibility index (Phi) is 4.41. The number of carbonyl (C=O) groups is 3. The Hall–Kier alpha value is -1.67. The number of rotatable bonds is 4. The average Bonchev–Trinajstić information content (AvgIpc) is 2.27. The van der Waals surface area contributed by atoms with Gasteiger partial charge in [-0.15, -0.1) is 0 Å². The van der Waals surface area contributed by atoms with Gasteiger partial charge in [0, 0.05) is 6.54 Å². The van der Waals surface area contributed by atoms with E-state index in [0.29, 0.717) is 0 Å². The molecule has 8 heteroatoms. The molecule has 1 rings (SSSR count). The Morgan fingerprint density at radius 1 is 1.41 bits per heavy atom. The van der Waals surface area contributed by atoms with E-state index in [1.54, 1.807) is 0 Å². The lowest BCUT2D eigenvalue weighted by Gasteiger charge is -2.32. The van der Waals surface area contributed by atoms with Crippen LogP contribution in [0.3, 0.4) is 0 Å². The molecule has 0 aromatic heterocycles. The van der Waals surface area contributed by atoms with Crippen molar-refractivity contribution in [2.75, 3.05) is 19.7 Å². The number of carboxylic acids is 2. The Morgan fingerprint density at radius 2 is 2.06 bits per heavy atom. The highest BCUT2D eigenvalue weighted by Crippen LogP contribution is 2.07. The first kappa shape index (κ1) is 13.4. The van der Waals surface area contributed by atoms with Crippen LogP contribution in [0.5, 0.6) is 0 Å². The third-order valence-corrected chi connectivity index (χ3v) is 2.37. The number of nitrogens with two attached hydrogens (primary N) is 1. The van der Waals surface area contributed by atoms with Crippen molar-refractivity contribution in [1.29, 1.82) is 0 Å². The summed E-state index contributed by atoms with van der Waals surface area (Å²) in [5, 5.41) is 17.2. The molecule has 1 amide bonds. The third-order valence-electron chi connectivity index (χ3n) is 2.37. The number of carboxylic acid groups (broad SMARTS) is 2. The van der Waals surface area contributed by atoms with Crippen LogP contribution in [0, 0.1) is 0 Å². The van der Waals surface area contributed by atoms with E-state index in [2.05, 4.69) is 0 Å². The predicted octanol–water partition coefficient (Wildman–Crippen LogP) is -1.90. The zero-order chi connectivity index (χ0) is 13.0. The summed E-state index contributed by atoms with van der Waals surface area (Å²) in [7, 11) is 0. The van der Waals surface area contributed by atoms with E-state index in [9.17, 15) is 14.4 Å². The van der Waals surface area contributed by atoms with Gasteiger partial charge >= 0.3 is 11.9 Å². The lowest BCUT2D eigenvalue weighted by Crippen LogP contribution is -2.53. The third kappa shape index (κ3) is 3.68. The standard InChI is InChI=1S/C9H14N2O6/c10-5(3-7(12)13)8(14)11-1-2-17-6(4-11)9(15)16/h5-6H,1-4,10H2,(H,12,13)(H,15,16). The van der Waals surface area contributed by atoms with Gasteiger partial charge in [0.05, 0.1) is 25.6 Å². The molecule has 1 heterocycles. The van der Waals surface area contributed by atoms with Gasteiger partial charge in [-0.1, -0.05) is 0 Å². The van der Waals surface area contributed by atoms with Crippen LogP contribution < -0.4 is 5.73 Å². The summed E-state index contributed by atoms with van der Waals surface area (Å²) in [6, 6.07) is -1.15. The summed E-state index contributed by atoms with van der Waals surface area (Å²) < 4.78 is 4.93. The van der Waals surface area contributed by atoms with Crippen molar-refractivity contribution in [3.05, 3.63) is 0 Å². The molecule has 0 spiro atoms. The van der Waals surface area contributed by atoms with Gasteiger partial charge < -0.3 is 25.6 Å². The first-order valence-electron chi connectivity index (χ1n) is 5.02. The van der Waals surface area contributed by atoms with Crippen LogP contribution in [0.25, 0.3) is 0 Å². The van der Waals surface area contributed by atoms with Gasteiger partial charge in [-0.25, -0.2) is 4.79 Å². The van der Waals surface area contributed by atoms with Gasteiger partial charge in [0.25, 0.3) is 0 Å². The minimum absolute atomic E-state index is 0.0997. The molecule has 17 heavy (non-hydrogen) atoms. The second-order valence-electron chi connectivity index (χ2n) is 3.69. The van der Waals surface area contributed by atoms with E-state index in [1.165, 1.54) is 4.90 Å². The summed E-state index contributed by atoms with van der Waals surface area (Å²) in [6.07, 6.45) is -1.56. The molecular weight excluding hydrogens is 232 g/mol. The summed E-state index contributed by atoms with van der Waals surface area (Å²) in [4.78, 5) is 34.0. The van der Waals surface area contributed by atoms with Gasteiger partial charge in [0.15, 0.2) is 6.10 Å². The van der Waals surface area contributed by atoms with E-state index in [4.69, 9.17) is 20.7 Å². The lowest BCUT2D eigenvalue weighted by atomic mass is 10.1. The van der Waals surface area contributed by atoms with E-state index < -0.39 is 36.4 Å². The molecule has 4 N–H and O–H groups in total. The van der Waals surface area contributed by atoms with Crippen LogP contribution in [-0.4, -0.2) is 64.8 Å². The van der Waals surface area contributed by atoms with Crippen molar-refractivity contribution in [3.8, 4) is 0 Å². The number of morpholine rings is 1. The summed E-state index contributed by atoms with van der Waals surface area (Å²) in [6.45, 7) is 0.208. The van der Waals surface area contributed by atoms with Crippen LogP contribution >= 0.6 is 0 Å². The maximum absolute atomic E-state index is 11.7. The molecule has 0 radical (unpaired) electrons. The molecule has 0 aliphatic carbocycles. The fourth-order valence-corrected chi connectivity index (χ4v) is 1.51. The van der Waals surface area contributed by atoms with E-state index >= 15 is 0 Å². The number of amides is 1. The lowest BCUT2D eigenvalue weighted by molar-refractivity contribution is -0.160. The topological polar surface area (TPSA) is 130 Å². The van der Waals surface area contributed by atoms with Crippen LogP contribution in [0.4, 0.5) is 0 Å². The van der Waals surface area contributed by atoms with Crippen molar-refractivity contribution >= 4 is 17.8 Å². The molecule has 0 aromatic carbocycles. The highest BCUT2D eigenvalue weighted by atomic mass is 16.5. The number of aliphatic carboxylic acids is 2. The number of hydrogen-bond donors (Lipinski definition) is 3. The van der Waals surface area contributed by atoms with E-state index in [0.717, 1.165) is 0 Å². The van der Waals surface area contributed by atoms with Crippen LogP contribution in [0.2, 0.25) is 0 Å². The molecule has 96 valence electrons. The summed E-state index contributed by atoms with van der Waals surface area (Å²) in [5.74, 6) is -2.90. The highest BCUT2D eigenvalue weighted by Gasteiger charge is 2.31. The SMILES string of the molecule is NC(CC(=O)O)C(=O)N1CCOC(C(=O)O)C1. The van der Waals surface area contributed by atoms with Crippen molar-refractivity contribution in [2.24, 2.45) is 5.73 Å². The van der Waals surface area contributed by atoms with Crippen LogP contribution in [-0.2, 0) is 19.1 Å². The predicted molar refractivity (Wildman–Crippen MR) is 54.2 cm³/mol. The maximum atomic E-state index is 11.7. The Labute approximate surface area is 96.9 Å². The zero-order valence-corrected chi connectivity index (χ0v) is 9.04. The molecule has 1 aliphatic heterocycles. The molecule has 0 saturated carbocycles. The summed E-state index contributed by atoms with van der Waals surface area (Å²) >= 11 is 0. The molecule has 1 saturated heterocycles. The first-order chi connectivity index (χ1) is 7.91. The van der Waals surface area contributed by atoms with Gasteiger partial charge in [0.2, 0.25) is 5.91 Å². The molecule has 1 fully saturated rings. The number of ether oxygens (including phenoxy) is 1. The molecule has 0 bridgehead atoms. The minimum Gasteiger partial charge on any atom is -0.481 e. The Balaban J connectivity index is 2.57. The quantitative estimate of drug-likeness (QED) is 0.528. The fourth-order valence-electron chi connectivity index (χ4n) is 1.51.